The Morgan fingerprint density at radius 1 is 1.05 bits per heavy atom. The predicted molar refractivity (Wildman–Crippen MR) is 132 cm³/mol. The third-order valence-electron chi connectivity index (χ3n) is 5.74. The number of nitrogens with one attached hydrogen (secondary N) is 1. The minimum Gasteiger partial charge on any atom is -0.454 e. The maximum Gasteiger partial charge on any atom is 0.329 e. The molecule has 1 amide bonds. The Bertz CT molecular complexity index is 1340. The predicted octanol–water partition coefficient (Wildman–Crippen LogP) is 2.26. The van der Waals surface area contributed by atoms with Crippen molar-refractivity contribution in [2.24, 2.45) is 5.92 Å². The van der Waals surface area contributed by atoms with E-state index in [0.29, 0.717) is 19.1 Å². The normalized spacial score (nSPS) is 15.3. The second-order valence-electron chi connectivity index (χ2n) is 8.71. The molecule has 1 atom stereocenters. The van der Waals surface area contributed by atoms with Gasteiger partial charge in [0, 0.05) is 24.2 Å². The standard InChI is InChI=1S/C25H28N4O7S/c1-17(2)22(25(31)35-16-21-27-28-24(36-21)18-7-4-3-5-8-18)26-23(30)19-9-6-10-20(15-19)37(32,33)29-11-13-34-14-12-29/h3-10,15,17,22H,11-14,16H2,1-2H3,(H,26,30)/t22-/m0/s1. The van der Waals surface area contributed by atoms with Crippen LogP contribution < -0.4 is 5.32 Å². The van der Waals surface area contributed by atoms with Crippen molar-refractivity contribution in [1.29, 1.82) is 0 Å². The summed E-state index contributed by atoms with van der Waals surface area (Å²) in [5.74, 6) is -1.17. The zero-order chi connectivity index (χ0) is 26.4. The first kappa shape index (κ1) is 26.5. The maximum atomic E-state index is 13.0. The molecule has 0 saturated carbocycles. The minimum absolute atomic E-state index is 0.00339. The first-order valence-electron chi connectivity index (χ1n) is 11.8. The van der Waals surface area contributed by atoms with Gasteiger partial charge in [-0.3, -0.25) is 4.79 Å². The Hall–Kier alpha value is -3.61. The molecule has 0 aliphatic carbocycles. The number of hydrogen-bond donors (Lipinski definition) is 1. The van der Waals surface area contributed by atoms with E-state index < -0.39 is 27.9 Å². The Morgan fingerprint density at radius 3 is 2.49 bits per heavy atom. The Morgan fingerprint density at radius 2 is 1.78 bits per heavy atom. The summed E-state index contributed by atoms with van der Waals surface area (Å²) in [6, 6.07) is 13.9. The highest BCUT2D eigenvalue weighted by Crippen LogP contribution is 2.20. The zero-order valence-corrected chi connectivity index (χ0v) is 21.3. The SMILES string of the molecule is CC(C)[C@H](NC(=O)c1cccc(S(=O)(=O)N2CCOCC2)c1)C(=O)OCc1nnc(-c2ccccc2)o1. The van der Waals surface area contributed by atoms with Crippen molar-refractivity contribution < 1.29 is 31.9 Å². The smallest absolute Gasteiger partial charge is 0.329 e. The molecular formula is C25H28N4O7S. The van der Waals surface area contributed by atoms with Crippen LogP contribution in [0.3, 0.4) is 0 Å². The average molecular weight is 529 g/mol. The number of amides is 1. The molecule has 1 aliphatic heterocycles. The summed E-state index contributed by atoms with van der Waals surface area (Å²) in [6.45, 7) is 4.37. The van der Waals surface area contributed by atoms with E-state index in [0.717, 1.165) is 5.56 Å². The van der Waals surface area contributed by atoms with Crippen LogP contribution in [0.15, 0.2) is 63.9 Å². The molecule has 0 bridgehead atoms. The van der Waals surface area contributed by atoms with Gasteiger partial charge >= 0.3 is 5.97 Å². The third kappa shape index (κ3) is 6.40. The molecule has 1 aromatic heterocycles. The lowest BCUT2D eigenvalue weighted by molar-refractivity contribution is -0.149. The number of hydrogen-bond acceptors (Lipinski definition) is 9. The summed E-state index contributed by atoms with van der Waals surface area (Å²) >= 11 is 0. The molecule has 1 N–H and O–H groups in total. The van der Waals surface area contributed by atoms with Crippen LogP contribution >= 0.6 is 0 Å². The number of nitrogens with zero attached hydrogens (tertiary/aromatic N) is 3. The van der Waals surface area contributed by atoms with E-state index in [2.05, 4.69) is 15.5 Å². The van der Waals surface area contributed by atoms with Crippen molar-refractivity contribution in [3.05, 3.63) is 66.1 Å². The fraction of sp³-hybridized carbons (Fsp3) is 0.360. The first-order valence-corrected chi connectivity index (χ1v) is 13.2. The molecule has 2 heterocycles. The van der Waals surface area contributed by atoms with Crippen molar-refractivity contribution in [2.45, 2.75) is 31.4 Å². The highest BCUT2D eigenvalue weighted by molar-refractivity contribution is 7.89. The molecule has 37 heavy (non-hydrogen) atoms. The van der Waals surface area contributed by atoms with Gasteiger partial charge in [-0.1, -0.05) is 38.1 Å². The third-order valence-corrected chi connectivity index (χ3v) is 7.63. The number of carbonyl (C=O) groups is 2. The van der Waals surface area contributed by atoms with Gasteiger partial charge in [0.2, 0.25) is 15.9 Å². The fourth-order valence-electron chi connectivity index (χ4n) is 3.69. The van der Waals surface area contributed by atoms with Crippen LogP contribution in [0, 0.1) is 5.92 Å². The largest absolute Gasteiger partial charge is 0.454 e. The highest BCUT2D eigenvalue weighted by Gasteiger charge is 2.29. The molecule has 11 nitrogen and oxygen atoms in total. The number of esters is 1. The lowest BCUT2D eigenvalue weighted by atomic mass is 10.0. The second kappa shape index (κ2) is 11.6. The molecule has 196 valence electrons. The van der Waals surface area contributed by atoms with Gasteiger partial charge in [-0.25, -0.2) is 13.2 Å². The molecule has 4 rings (SSSR count). The summed E-state index contributed by atoms with van der Waals surface area (Å²) in [5.41, 5.74) is 0.843. The van der Waals surface area contributed by atoms with E-state index >= 15 is 0 Å². The summed E-state index contributed by atoms with van der Waals surface area (Å²) in [4.78, 5) is 25.8. The van der Waals surface area contributed by atoms with Crippen LogP contribution in [0.4, 0.5) is 0 Å². The van der Waals surface area contributed by atoms with Crippen molar-refractivity contribution in [2.75, 3.05) is 26.3 Å². The Balaban J connectivity index is 1.40. The Kier molecular flexibility index (Phi) is 8.31. The monoisotopic (exact) mass is 528 g/mol. The second-order valence-corrected chi connectivity index (χ2v) is 10.7. The minimum atomic E-state index is -3.78. The fourth-order valence-corrected chi connectivity index (χ4v) is 5.14. The van der Waals surface area contributed by atoms with Crippen LogP contribution in [0.1, 0.15) is 30.1 Å². The molecule has 0 spiro atoms. The summed E-state index contributed by atoms with van der Waals surface area (Å²) in [6.07, 6.45) is 0. The molecule has 1 saturated heterocycles. The van der Waals surface area contributed by atoms with Gasteiger partial charge in [0.1, 0.15) is 6.04 Å². The van der Waals surface area contributed by atoms with Crippen molar-refractivity contribution in [3.8, 4) is 11.5 Å². The summed E-state index contributed by atoms with van der Waals surface area (Å²) in [5, 5.41) is 10.5. The van der Waals surface area contributed by atoms with Crippen molar-refractivity contribution >= 4 is 21.9 Å². The van der Waals surface area contributed by atoms with Crippen LogP contribution in [-0.4, -0.2) is 67.1 Å². The molecule has 0 unspecified atom stereocenters. The summed E-state index contributed by atoms with van der Waals surface area (Å²) < 4.78 is 43.3. The lowest BCUT2D eigenvalue weighted by Gasteiger charge is -2.26. The number of morpholine rings is 1. The number of aromatic nitrogens is 2. The molecule has 0 radical (unpaired) electrons. The number of sulfonamides is 1. The molecule has 1 aliphatic rings. The molecule has 1 fully saturated rings. The number of ether oxygens (including phenoxy) is 2. The lowest BCUT2D eigenvalue weighted by Crippen LogP contribution is -2.45. The number of carbonyl (C=O) groups excluding carboxylic acids is 2. The van der Waals surface area contributed by atoms with Gasteiger partial charge in [-0.2, -0.15) is 4.31 Å². The van der Waals surface area contributed by atoms with Gasteiger partial charge in [0.15, 0.2) is 6.61 Å². The van der Waals surface area contributed by atoms with Crippen molar-refractivity contribution in [1.82, 2.24) is 19.8 Å². The van der Waals surface area contributed by atoms with Crippen molar-refractivity contribution in [3.63, 3.8) is 0 Å². The average Bonchev–Trinajstić information content (AvgIpc) is 3.40. The molecule has 12 heteroatoms. The van der Waals surface area contributed by atoms with E-state index in [9.17, 15) is 18.0 Å². The van der Waals surface area contributed by atoms with E-state index in [-0.39, 0.29) is 42.0 Å². The first-order chi connectivity index (χ1) is 17.8. The van der Waals surface area contributed by atoms with E-state index in [1.165, 1.54) is 28.6 Å². The van der Waals surface area contributed by atoms with Gasteiger partial charge in [0.25, 0.3) is 11.8 Å². The maximum absolute atomic E-state index is 13.0. The Labute approximate surface area is 214 Å². The highest BCUT2D eigenvalue weighted by atomic mass is 32.2. The molecule has 3 aromatic rings. The number of rotatable bonds is 9. The van der Waals surface area contributed by atoms with Gasteiger partial charge in [-0.15, -0.1) is 10.2 Å². The van der Waals surface area contributed by atoms with Crippen LogP contribution in [0.25, 0.3) is 11.5 Å². The topological polar surface area (TPSA) is 141 Å². The number of benzene rings is 2. The van der Waals surface area contributed by atoms with Gasteiger partial charge in [-0.05, 0) is 36.2 Å². The molecular weight excluding hydrogens is 500 g/mol. The van der Waals surface area contributed by atoms with E-state index in [1.807, 2.05) is 30.3 Å². The van der Waals surface area contributed by atoms with Crippen LogP contribution in [0.5, 0.6) is 0 Å². The summed E-state index contributed by atoms with van der Waals surface area (Å²) in [7, 11) is -3.78. The zero-order valence-electron chi connectivity index (χ0n) is 20.5. The van der Waals surface area contributed by atoms with Crippen LogP contribution in [0.2, 0.25) is 0 Å². The van der Waals surface area contributed by atoms with E-state index in [1.54, 1.807) is 13.8 Å². The molecule has 2 aromatic carbocycles. The quantitative estimate of drug-likeness (QED) is 0.414. The van der Waals surface area contributed by atoms with Gasteiger partial charge in [0.05, 0.1) is 18.1 Å². The van der Waals surface area contributed by atoms with Crippen LogP contribution in [-0.2, 0) is 30.9 Å². The van der Waals surface area contributed by atoms with E-state index in [4.69, 9.17) is 13.9 Å². The van der Waals surface area contributed by atoms with Gasteiger partial charge < -0.3 is 19.2 Å².